The second kappa shape index (κ2) is 8.22. The Morgan fingerprint density at radius 1 is 1.25 bits per heavy atom. The van der Waals surface area contributed by atoms with E-state index in [4.69, 9.17) is 19.5 Å². The molecule has 3 rings (SSSR count). The van der Waals surface area contributed by atoms with E-state index in [1.807, 2.05) is 6.07 Å². The number of anilines is 1. The summed E-state index contributed by atoms with van der Waals surface area (Å²) in [6, 6.07) is 12.8. The highest BCUT2D eigenvalue weighted by atomic mass is 16.6. The largest absolute Gasteiger partial charge is 0.482 e. The lowest BCUT2D eigenvalue weighted by atomic mass is 10.1. The van der Waals surface area contributed by atoms with Crippen molar-refractivity contribution in [2.45, 2.75) is 13.0 Å². The second-order valence-electron chi connectivity index (χ2n) is 5.97. The number of nitriles is 1. The molecule has 0 aromatic heterocycles. The minimum absolute atomic E-state index is 0.0744. The highest BCUT2D eigenvalue weighted by Crippen LogP contribution is 2.28. The molecular weight excluding hydrogens is 364 g/mol. The summed E-state index contributed by atoms with van der Waals surface area (Å²) in [5.41, 5.74) is 1.14. The minimum Gasteiger partial charge on any atom is -0.482 e. The van der Waals surface area contributed by atoms with Gasteiger partial charge in [0, 0.05) is 5.56 Å². The van der Waals surface area contributed by atoms with Gasteiger partial charge in [-0.25, -0.2) is 4.79 Å². The van der Waals surface area contributed by atoms with Crippen LogP contribution in [0.4, 0.5) is 5.69 Å². The van der Waals surface area contributed by atoms with Crippen molar-refractivity contribution in [1.82, 2.24) is 0 Å². The third-order valence-electron chi connectivity index (χ3n) is 3.91. The number of esters is 1. The van der Waals surface area contributed by atoms with Crippen molar-refractivity contribution < 1.29 is 28.6 Å². The van der Waals surface area contributed by atoms with Gasteiger partial charge >= 0.3 is 5.97 Å². The van der Waals surface area contributed by atoms with Crippen LogP contribution in [0.1, 0.15) is 22.8 Å². The van der Waals surface area contributed by atoms with Crippen LogP contribution < -0.4 is 14.8 Å². The highest BCUT2D eigenvalue weighted by molar-refractivity contribution is 6.01. The number of ketones is 1. The summed E-state index contributed by atoms with van der Waals surface area (Å²) in [4.78, 5) is 35.7. The first-order chi connectivity index (χ1) is 13.5. The third-order valence-corrected chi connectivity index (χ3v) is 3.91. The Bertz CT molecular complexity index is 962. The lowest BCUT2D eigenvalue weighted by Gasteiger charge is -2.18. The minimum atomic E-state index is -0.933. The van der Waals surface area contributed by atoms with Gasteiger partial charge in [0.25, 0.3) is 5.91 Å². The monoisotopic (exact) mass is 380 g/mol. The molecule has 28 heavy (non-hydrogen) atoms. The molecule has 1 aliphatic rings. The summed E-state index contributed by atoms with van der Waals surface area (Å²) in [5.74, 6) is -0.566. The molecule has 2 aromatic rings. The molecule has 1 N–H and O–H groups in total. The maximum Gasteiger partial charge on any atom is 0.347 e. The molecule has 2 aromatic carbocycles. The topological polar surface area (TPSA) is 115 Å². The van der Waals surface area contributed by atoms with Crippen molar-refractivity contribution in [3.05, 3.63) is 53.6 Å². The molecule has 1 atom stereocenters. The van der Waals surface area contributed by atoms with Crippen LogP contribution in [0.25, 0.3) is 0 Å². The van der Waals surface area contributed by atoms with Gasteiger partial charge in [-0.15, -0.1) is 0 Å². The molecule has 1 aliphatic heterocycles. The van der Waals surface area contributed by atoms with Crippen LogP contribution in [0.2, 0.25) is 0 Å². The van der Waals surface area contributed by atoms with Crippen LogP contribution in [0, 0.1) is 11.3 Å². The van der Waals surface area contributed by atoms with Crippen LogP contribution in [-0.4, -0.2) is 37.0 Å². The van der Waals surface area contributed by atoms with Crippen molar-refractivity contribution in [1.29, 1.82) is 5.26 Å². The zero-order valence-electron chi connectivity index (χ0n) is 14.9. The first-order valence-electron chi connectivity index (χ1n) is 8.39. The van der Waals surface area contributed by atoms with Crippen LogP contribution in [0.3, 0.4) is 0 Å². The smallest absolute Gasteiger partial charge is 0.347 e. The predicted octanol–water partition coefficient (Wildman–Crippen LogP) is 2.08. The van der Waals surface area contributed by atoms with Crippen LogP contribution in [0.15, 0.2) is 42.5 Å². The third kappa shape index (κ3) is 4.45. The number of nitrogens with zero attached hydrogens (tertiary/aromatic N) is 1. The lowest BCUT2D eigenvalue weighted by Crippen LogP contribution is -2.28. The van der Waals surface area contributed by atoms with Gasteiger partial charge in [-0.3, -0.25) is 9.59 Å². The van der Waals surface area contributed by atoms with Gasteiger partial charge in [-0.1, -0.05) is 0 Å². The van der Waals surface area contributed by atoms with Gasteiger partial charge in [-0.2, -0.15) is 5.26 Å². The lowest BCUT2D eigenvalue weighted by molar-refractivity contribution is -0.149. The number of amides is 1. The first kappa shape index (κ1) is 18.9. The van der Waals surface area contributed by atoms with Crippen molar-refractivity contribution in [3.63, 3.8) is 0 Å². The molecule has 0 fully saturated rings. The Labute approximate surface area is 160 Å². The van der Waals surface area contributed by atoms with Crippen molar-refractivity contribution in [2.75, 3.05) is 18.5 Å². The zero-order chi connectivity index (χ0) is 20.1. The summed E-state index contributed by atoms with van der Waals surface area (Å²) in [5, 5.41) is 11.4. The molecule has 0 unspecified atom stereocenters. The van der Waals surface area contributed by atoms with Gasteiger partial charge in [0.2, 0.25) is 0 Å². The normalized spacial score (nSPS) is 13.2. The number of ether oxygens (including phenoxy) is 3. The summed E-state index contributed by atoms with van der Waals surface area (Å²) >= 11 is 0. The number of hydrogen-bond donors (Lipinski definition) is 1. The van der Waals surface area contributed by atoms with Gasteiger partial charge in [0.05, 0.1) is 17.3 Å². The summed E-state index contributed by atoms with van der Waals surface area (Å²) in [7, 11) is 0. The summed E-state index contributed by atoms with van der Waals surface area (Å²) in [6.45, 7) is 0.958. The van der Waals surface area contributed by atoms with Gasteiger partial charge in [0.15, 0.2) is 25.1 Å². The Hall–Kier alpha value is -3.86. The second-order valence-corrected chi connectivity index (χ2v) is 5.97. The molecule has 8 nitrogen and oxygen atoms in total. The molecule has 8 heteroatoms. The standard InChI is InChI=1S/C20H16N2O6/c1-12(28-15-5-2-13(9-21)3-6-15)20(25)27-10-17(23)14-4-7-18-16(8-14)22-19(24)11-26-18/h2-8,12H,10-11H2,1H3,(H,22,24)/t12-/m0/s1. The molecule has 1 amide bonds. The van der Waals surface area contributed by atoms with E-state index in [1.165, 1.54) is 19.1 Å². The Balaban J connectivity index is 1.55. The molecular formula is C20H16N2O6. The molecule has 142 valence electrons. The maximum atomic E-state index is 12.3. The summed E-state index contributed by atoms with van der Waals surface area (Å²) < 4.78 is 15.7. The number of fused-ring (bicyclic) bond motifs is 1. The highest BCUT2D eigenvalue weighted by Gasteiger charge is 2.21. The molecule has 0 spiro atoms. The number of benzene rings is 2. The van der Waals surface area contributed by atoms with Crippen molar-refractivity contribution >= 4 is 23.3 Å². The Kier molecular flexibility index (Phi) is 5.56. The van der Waals surface area contributed by atoms with Gasteiger partial charge < -0.3 is 19.5 Å². The fraction of sp³-hybridized carbons (Fsp3) is 0.200. The van der Waals surface area contributed by atoms with E-state index in [1.54, 1.807) is 30.3 Å². The fourth-order valence-corrected chi connectivity index (χ4v) is 2.45. The fourth-order valence-electron chi connectivity index (χ4n) is 2.45. The van der Waals surface area contributed by atoms with Gasteiger partial charge in [0.1, 0.15) is 11.5 Å². The van der Waals surface area contributed by atoms with Gasteiger partial charge in [-0.05, 0) is 49.4 Å². The average Bonchev–Trinajstić information content (AvgIpc) is 2.71. The Morgan fingerprint density at radius 2 is 2.00 bits per heavy atom. The van der Waals surface area contributed by atoms with E-state index in [0.717, 1.165) is 0 Å². The molecule has 0 aliphatic carbocycles. The van der Waals surface area contributed by atoms with E-state index < -0.39 is 24.5 Å². The van der Waals surface area contributed by atoms with E-state index in [2.05, 4.69) is 5.32 Å². The maximum absolute atomic E-state index is 12.3. The van der Waals surface area contributed by atoms with E-state index >= 15 is 0 Å². The number of nitrogens with one attached hydrogen (secondary N) is 1. The quantitative estimate of drug-likeness (QED) is 0.603. The molecule has 1 heterocycles. The van der Waals surface area contributed by atoms with Crippen molar-refractivity contribution in [3.8, 4) is 17.6 Å². The van der Waals surface area contributed by atoms with E-state index in [0.29, 0.717) is 22.7 Å². The van der Waals surface area contributed by atoms with Crippen LogP contribution >= 0.6 is 0 Å². The number of carbonyl (C=O) groups is 3. The Morgan fingerprint density at radius 3 is 2.71 bits per heavy atom. The number of hydrogen-bond acceptors (Lipinski definition) is 7. The van der Waals surface area contributed by atoms with E-state index in [9.17, 15) is 14.4 Å². The average molecular weight is 380 g/mol. The summed E-state index contributed by atoms with van der Waals surface area (Å²) in [6.07, 6.45) is -0.933. The van der Waals surface area contributed by atoms with Crippen LogP contribution in [0.5, 0.6) is 11.5 Å². The number of Topliss-reactive ketones (excluding diaryl/α,β-unsaturated/α-hetero) is 1. The SMILES string of the molecule is C[C@H](Oc1ccc(C#N)cc1)C(=O)OCC(=O)c1ccc2c(c1)NC(=O)CO2. The van der Waals surface area contributed by atoms with E-state index in [-0.39, 0.29) is 18.1 Å². The molecule has 0 saturated carbocycles. The molecule has 0 saturated heterocycles. The molecule has 0 bridgehead atoms. The number of rotatable bonds is 6. The zero-order valence-corrected chi connectivity index (χ0v) is 14.9. The predicted molar refractivity (Wildman–Crippen MR) is 97.1 cm³/mol. The molecule has 0 radical (unpaired) electrons. The number of carbonyl (C=O) groups excluding carboxylic acids is 3. The van der Waals surface area contributed by atoms with Crippen molar-refractivity contribution in [2.24, 2.45) is 0 Å². The first-order valence-corrected chi connectivity index (χ1v) is 8.39. The van der Waals surface area contributed by atoms with Crippen LogP contribution in [-0.2, 0) is 14.3 Å².